The van der Waals surface area contributed by atoms with Gasteiger partial charge in [0, 0.05) is 13.0 Å². The molecular formula is C9H14N4OS. The predicted molar refractivity (Wildman–Crippen MR) is 58.1 cm³/mol. The van der Waals surface area contributed by atoms with Crippen molar-refractivity contribution in [2.75, 3.05) is 6.54 Å². The van der Waals surface area contributed by atoms with Gasteiger partial charge in [0.25, 0.3) is 0 Å². The molecule has 1 aliphatic heterocycles. The highest BCUT2D eigenvalue weighted by molar-refractivity contribution is 7.71. The number of aromatic nitrogens is 3. The maximum atomic E-state index is 11.7. The third kappa shape index (κ3) is 1.81. The van der Waals surface area contributed by atoms with Crippen molar-refractivity contribution in [3.63, 3.8) is 0 Å². The monoisotopic (exact) mass is 226 g/mol. The molecule has 0 aliphatic carbocycles. The van der Waals surface area contributed by atoms with Crippen LogP contribution in [0, 0.1) is 4.77 Å². The second-order valence-electron chi connectivity index (χ2n) is 3.62. The highest BCUT2D eigenvalue weighted by Crippen LogP contribution is 2.19. The van der Waals surface area contributed by atoms with Crippen molar-refractivity contribution in [2.24, 2.45) is 0 Å². The number of H-pyrrole nitrogens is 1. The molecule has 2 N–H and O–H groups in total. The number of hydrogen-bond donors (Lipinski definition) is 2. The van der Waals surface area contributed by atoms with Gasteiger partial charge in [0.15, 0.2) is 4.77 Å². The lowest BCUT2D eigenvalue weighted by atomic mass is 10.1. The highest BCUT2D eigenvalue weighted by Gasteiger charge is 2.26. The number of carbonyl (C=O) groups excluding carboxylic acids is 1. The summed E-state index contributed by atoms with van der Waals surface area (Å²) in [4.78, 5) is 11.7. The van der Waals surface area contributed by atoms with Crippen LogP contribution in [0.3, 0.4) is 0 Å². The largest absolute Gasteiger partial charge is 0.354 e. The van der Waals surface area contributed by atoms with Crippen LogP contribution in [0.25, 0.3) is 0 Å². The quantitative estimate of drug-likeness (QED) is 0.738. The summed E-state index contributed by atoms with van der Waals surface area (Å²) in [6, 6.07) is -0.181. The Morgan fingerprint density at radius 3 is 3.13 bits per heavy atom. The zero-order valence-electron chi connectivity index (χ0n) is 8.62. The fraction of sp³-hybridized carbons (Fsp3) is 0.667. The molecule has 1 aromatic heterocycles. The zero-order chi connectivity index (χ0) is 10.8. The molecule has 1 aromatic rings. The van der Waals surface area contributed by atoms with E-state index in [2.05, 4.69) is 15.5 Å². The van der Waals surface area contributed by atoms with E-state index in [0.29, 0.717) is 4.77 Å². The van der Waals surface area contributed by atoms with Gasteiger partial charge < -0.3 is 5.32 Å². The minimum atomic E-state index is -0.181. The molecule has 6 heteroatoms. The molecule has 1 saturated heterocycles. The summed E-state index contributed by atoms with van der Waals surface area (Å²) in [6.07, 6.45) is 2.61. The normalized spacial score (nSPS) is 21.4. The Hall–Kier alpha value is -1.17. The van der Waals surface area contributed by atoms with E-state index in [4.69, 9.17) is 12.2 Å². The first-order valence-corrected chi connectivity index (χ1v) is 5.58. The Morgan fingerprint density at radius 1 is 1.67 bits per heavy atom. The summed E-state index contributed by atoms with van der Waals surface area (Å²) < 4.78 is 2.37. The number of carbonyl (C=O) groups is 1. The average molecular weight is 226 g/mol. The molecule has 1 amide bonds. The number of nitrogens with one attached hydrogen (secondary N) is 2. The summed E-state index contributed by atoms with van der Waals surface area (Å²) >= 11 is 5.14. The first-order valence-electron chi connectivity index (χ1n) is 5.17. The van der Waals surface area contributed by atoms with Crippen molar-refractivity contribution >= 4 is 18.1 Å². The lowest BCUT2D eigenvalue weighted by molar-refractivity contribution is -0.125. The van der Waals surface area contributed by atoms with Crippen LogP contribution >= 0.6 is 12.2 Å². The predicted octanol–water partition coefficient (Wildman–Crippen LogP) is 0.954. The van der Waals surface area contributed by atoms with E-state index in [1.807, 2.05) is 11.5 Å². The van der Waals surface area contributed by atoms with Gasteiger partial charge in [-0.25, -0.2) is 0 Å². The van der Waals surface area contributed by atoms with Crippen LogP contribution in [0.4, 0.5) is 0 Å². The molecule has 2 heterocycles. The lowest BCUT2D eigenvalue weighted by Gasteiger charge is -2.23. The molecule has 15 heavy (non-hydrogen) atoms. The minimum absolute atomic E-state index is 0.0495. The molecule has 1 aliphatic rings. The van der Waals surface area contributed by atoms with Gasteiger partial charge in [-0.15, -0.1) is 0 Å². The third-order valence-electron chi connectivity index (χ3n) is 2.66. The van der Waals surface area contributed by atoms with Crippen molar-refractivity contribution in [1.82, 2.24) is 20.1 Å². The Kier molecular flexibility index (Phi) is 2.86. The molecule has 1 atom stereocenters. The van der Waals surface area contributed by atoms with E-state index in [9.17, 15) is 4.79 Å². The molecule has 82 valence electrons. The van der Waals surface area contributed by atoms with Crippen molar-refractivity contribution in [3.8, 4) is 0 Å². The average Bonchev–Trinajstić information content (AvgIpc) is 2.60. The number of rotatable bonds is 2. The van der Waals surface area contributed by atoms with Gasteiger partial charge in [0.2, 0.25) is 5.91 Å². The van der Waals surface area contributed by atoms with Crippen LogP contribution in [0.15, 0.2) is 0 Å². The van der Waals surface area contributed by atoms with Crippen LogP contribution in [0.2, 0.25) is 0 Å². The van der Waals surface area contributed by atoms with Crippen LogP contribution in [-0.2, 0) is 11.2 Å². The second-order valence-corrected chi connectivity index (χ2v) is 4.00. The molecule has 2 rings (SSSR count). The topological polar surface area (TPSA) is 62.7 Å². The first-order chi connectivity index (χ1) is 7.24. The molecular weight excluding hydrogens is 212 g/mol. The number of aryl methyl sites for hydroxylation is 1. The standard InChI is InChI=1S/C9H14N4OS/c1-2-7-11-12-9(15)13(7)6-4-3-5-10-8(6)14/h6H,2-5H2,1H3,(H,10,14)(H,12,15). The Morgan fingerprint density at radius 2 is 2.47 bits per heavy atom. The fourth-order valence-electron chi connectivity index (χ4n) is 1.91. The molecule has 0 radical (unpaired) electrons. The van der Waals surface area contributed by atoms with Crippen molar-refractivity contribution in [1.29, 1.82) is 0 Å². The number of nitrogens with zero attached hydrogens (tertiary/aromatic N) is 2. The number of piperidine rings is 1. The van der Waals surface area contributed by atoms with E-state index >= 15 is 0 Å². The zero-order valence-corrected chi connectivity index (χ0v) is 9.43. The van der Waals surface area contributed by atoms with Gasteiger partial charge in [-0.05, 0) is 25.1 Å². The number of aromatic amines is 1. The van der Waals surface area contributed by atoms with E-state index in [1.165, 1.54) is 0 Å². The summed E-state index contributed by atoms with van der Waals surface area (Å²) in [7, 11) is 0. The van der Waals surface area contributed by atoms with E-state index in [1.54, 1.807) is 0 Å². The summed E-state index contributed by atoms with van der Waals surface area (Å²) in [5, 5.41) is 9.70. The van der Waals surface area contributed by atoms with Crippen molar-refractivity contribution in [2.45, 2.75) is 32.2 Å². The third-order valence-corrected chi connectivity index (χ3v) is 2.95. The van der Waals surface area contributed by atoms with E-state index in [-0.39, 0.29) is 11.9 Å². The van der Waals surface area contributed by atoms with Gasteiger partial charge >= 0.3 is 0 Å². The summed E-state index contributed by atoms with van der Waals surface area (Å²) in [6.45, 7) is 2.77. The minimum Gasteiger partial charge on any atom is -0.354 e. The van der Waals surface area contributed by atoms with Gasteiger partial charge in [-0.2, -0.15) is 5.10 Å². The first kappa shape index (κ1) is 10.4. The Balaban J connectivity index is 2.38. The molecule has 1 fully saturated rings. The van der Waals surface area contributed by atoms with Crippen molar-refractivity contribution in [3.05, 3.63) is 10.6 Å². The highest BCUT2D eigenvalue weighted by atomic mass is 32.1. The van der Waals surface area contributed by atoms with E-state index < -0.39 is 0 Å². The SMILES string of the molecule is CCc1n[nH]c(=S)n1C1CCCNC1=O. The Bertz CT molecular complexity index is 422. The summed E-state index contributed by atoms with van der Waals surface area (Å²) in [5.41, 5.74) is 0. The molecule has 0 aromatic carbocycles. The number of hydrogen-bond acceptors (Lipinski definition) is 3. The molecule has 0 saturated carbocycles. The van der Waals surface area contributed by atoms with Crippen LogP contribution < -0.4 is 5.32 Å². The number of amides is 1. The molecule has 1 unspecified atom stereocenters. The Labute approximate surface area is 92.9 Å². The second kappa shape index (κ2) is 4.14. The molecule has 0 bridgehead atoms. The van der Waals surface area contributed by atoms with Crippen LogP contribution in [-0.4, -0.2) is 27.2 Å². The van der Waals surface area contributed by atoms with Gasteiger partial charge in [0.05, 0.1) is 0 Å². The smallest absolute Gasteiger partial charge is 0.243 e. The van der Waals surface area contributed by atoms with Crippen LogP contribution in [0.5, 0.6) is 0 Å². The van der Waals surface area contributed by atoms with E-state index in [0.717, 1.165) is 31.6 Å². The maximum Gasteiger partial charge on any atom is 0.243 e. The lowest BCUT2D eigenvalue weighted by Crippen LogP contribution is -2.38. The fourth-order valence-corrected chi connectivity index (χ4v) is 2.19. The molecule has 0 spiro atoms. The van der Waals surface area contributed by atoms with Gasteiger partial charge in [-0.3, -0.25) is 14.5 Å². The maximum absolute atomic E-state index is 11.7. The van der Waals surface area contributed by atoms with Gasteiger partial charge in [0.1, 0.15) is 11.9 Å². The van der Waals surface area contributed by atoms with Gasteiger partial charge in [-0.1, -0.05) is 6.92 Å². The van der Waals surface area contributed by atoms with Crippen molar-refractivity contribution < 1.29 is 4.79 Å². The van der Waals surface area contributed by atoms with Crippen LogP contribution in [0.1, 0.15) is 31.6 Å². The molecule has 5 nitrogen and oxygen atoms in total. The summed E-state index contributed by atoms with van der Waals surface area (Å²) in [5.74, 6) is 0.899.